The largest absolute Gasteiger partial charge is 0.481 e. The molecule has 1 rings (SSSR count). The van der Waals surface area contributed by atoms with Crippen molar-refractivity contribution >= 4 is 23.8 Å². The minimum absolute atomic E-state index is 0.0500. The number of aliphatic carboxylic acids is 1. The first-order chi connectivity index (χ1) is 9.02. The number of carbonyl (C=O) groups is 2. The number of amides is 2. The molecule has 2 amide bonds. The zero-order valence-corrected chi connectivity index (χ0v) is 12.5. The smallest absolute Gasteiger partial charge is 0.315 e. The van der Waals surface area contributed by atoms with Gasteiger partial charge in [0, 0.05) is 24.3 Å². The van der Waals surface area contributed by atoms with Crippen molar-refractivity contribution in [2.75, 3.05) is 12.8 Å². The molecule has 1 aliphatic rings. The van der Waals surface area contributed by atoms with E-state index in [9.17, 15) is 9.59 Å². The molecule has 110 valence electrons. The third-order valence-corrected chi connectivity index (χ3v) is 4.63. The Balaban J connectivity index is 2.27. The Morgan fingerprint density at radius 1 is 1.37 bits per heavy atom. The first kappa shape index (κ1) is 16.1. The van der Waals surface area contributed by atoms with E-state index in [0.717, 1.165) is 19.3 Å². The lowest BCUT2D eigenvalue weighted by Crippen LogP contribution is -2.48. The molecule has 0 heterocycles. The second-order valence-electron chi connectivity index (χ2n) is 5.22. The molecule has 6 heteroatoms. The van der Waals surface area contributed by atoms with Gasteiger partial charge in [0.05, 0.1) is 0 Å². The van der Waals surface area contributed by atoms with Crippen LogP contribution in [0.2, 0.25) is 0 Å². The number of carboxylic acids is 1. The van der Waals surface area contributed by atoms with Gasteiger partial charge in [-0.3, -0.25) is 4.79 Å². The molecule has 5 nitrogen and oxygen atoms in total. The molecule has 1 saturated carbocycles. The normalized spacial score (nSPS) is 24.5. The summed E-state index contributed by atoms with van der Waals surface area (Å²) in [5, 5.41) is 14.9. The lowest BCUT2D eigenvalue weighted by Gasteiger charge is -2.31. The maximum atomic E-state index is 11.8. The van der Waals surface area contributed by atoms with E-state index >= 15 is 0 Å². The van der Waals surface area contributed by atoms with Crippen molar-refractivity contribution in [1.29, 1.82) is 0 Å². The van der Waals surface area contributed by atoms with E-state index in [1.165, 1.54) is 6.42 Å². The summed E-state index contributed by atoms with van der Waals surface area (Å²) >= 11 is 1.81. The molecule has 0 saturated heterocycles. The number of urea groups is 1. The highest BCUT2D eigenvalue weighted by Crippen LogP contribution is 2.26. The Morgan fingerprint density at radius 3 is 2.68 bits per heavy atom. The van der Waals surface area contributed by atoms with Gasteiger partial charge < -0.3 is 15.7 Å². The van der Waals surface area contributed by atoms with E-state index < -0.39 is 5.97 Å². The number of rotatable bonds is 6. The SMILES string of the molecule is CSC1CCCCC1NC(=O)NCC(C)CC(=O)O. The van der Waals surface area contributed by atoms with Crippen molar-refractivity contribution in [1.82, 2.24) is 10.6 Å². The van der Waals surface area contributed by atoms with Crippen molar-refractivity contribution in [2.45, 2.75) is 50.3 Å². The van der Waals surface area contributed by atoms with Crippen LogP contribution in [0, 0.1) is 5.92 Å². The van der Waals surface area contributed by atoms with Gasteiger partial charge in [0.2, 0.25) is 0 Å². The highest BCUT2D eigenvalue weighted by Gasteiger charge is 2.25. The second kappa shape index (κ2) is 8.30. The summed E-state index contributed by atoms with van der Waals surface area (Å²) in [4.78, 5) is 22.3. The van der Waals surface area contributed by atoms with Crippen molar-refractivity contribution < 1.29 is 14.7 Å². The van der Waals surface area contributed by atoms with Gasteiger partial charge in [-0.15, -0.1) is 0 Å². The van der Waals surface area contributed by atoms with Crippen LogP contribution in [-0.2, 0) is 4.79 Å². The molecular formula is C13H24N2O3S. The summed E-state index contributed by atoms with van der Waals surface area (Å²) in [6.45, 7) is 2.22. The van der Waals surface area contributed by atoms with Crippen LogP contribution >= 0.6 is 11.8 Å². The van der Waals surface area contributed by atoms with Crippen molar-refractivity contribution in [3.8, 4) is 0 Å². The van der Waals surface area contributed by atoms with Crippen molar-refractivity contribution in [3.63, 3.8) is 0 Å². The van der Waals surface area contributed by atoms with E-state index in [0.29, 0.717) is 11.8 Å². The molecule has 1 fully saturated rings. The van der Waals surface area contributed by atoms with Crippen LogP contribution in [0.1, 0.15) is 39.0 Å². The Bertz CT molecular complexity index is 312. The fourth-order valence-corrected chi connectivity index (χ4v) is 3.34. The molecule has 3 unspecified atom stereocenters. The third kappa shape index (κ3) is 6.18. The monoisotopic (exact) mass is 288 g/mol. The van der Waals surface area contributed by atoms with E-state index in [1.807, 2.05) is 18.7 Å². The lowest BCUT2D eigenvalue weighted by atomic mass is 9.95. The summed E-state index contributed by atoms with van der Waals surface area (Å²) in [6.07, 6.45) is 6.75. The quantitative estimate of drug-likeness (QED) is 0.699. The van der Waals surface area contributed by atoms with E-state index in [-0.39, 0.29) is 24.4 Å². The van der Waals surface area contributed by atoms with E-state index in [2.05, 4.69) is 16.9 Å². The molecule has 0 bridgehead atoms. The molecule has 0 aromatic carbocycles. The Morgan fingerprint density at radius 2 is 2.05 bits per heavy atom. The predicted octanol–water partition coefficient (Wildman–Crippen LogP) is 2.07. The van der Waals surface area contributed by atoms with Gasteiger partial charge in [0.15, 0.2) is 0 Å². The molecule has 0 aliphatic heterocycles. The fraction of sp³-hybridized carbons (Fsp3) is 0.846. The van der Waals surface area contributed by atoms with E-state index in [1.54, 1.807) is 0 Å². The van der Waals surface area contributed by atoms with Crippen LogP contribution in [-0.4, -0.2) is 41.2 Å². The van der Waals surface area contributed by atoms with Crippen LogP contribution in [0.3, 0.4) is 0 Å². The topological polar surface area (TPSA) is 78.4 Å². The summed E-state index contributed by atoms with van der Waals surface area (Å²) in [6, 6.07) is 0.0571. The Labute approximate surface area is 118 Å². The van der Waals surface area contributed by atoms with Gasteiger partial charge in [0.25, 0.3) is 0 Å². The minimum atomic E-state index is -0.829. The van der Waals surface area contributed by atoms with Crippen LogP contribution in [0.5, 0.6) is 0 Å². The summed E-state index contributed by atoms with van der Waals surface area (Å²) in [5.74, 6) is -0.879. The second-order valence-corrected chi connectivity index (χ2v) is 6.30. The Hall–Kier alpha value is -0.910. The van der Waals surface area contributed by atoms with Crippen LogP contribution in [0.25, 0.3) is 0 Å². The number of thioether (sulfide) groups is 1. The maximum Gasteiger partial charge on any atom is 0.315 e. The first-order valence-corrected chi connectivity index (χ1v) is 8.10. The molecule has 3 atom stereocenters. The molecule has 0 aromatic rings. The van der Waals surface area contributed by atoms with Gasteiger partial charge in [0.1, 0.15) is 0 Å². The Kier molecular flexibility index (Phi) is 7.05. The molecule has 0 radical (unpaired) electrons. The number of hydrogen-bond acceptors (Lipinski definition) is 3. The molecule has 3 N–H and O–H groups in total. The summed E-state index contributed by atoms with van der Waals surface area (Å²) in [7, 11) is 0. The zero-order valence-electron chi connectivity index (χ0n) is 11.6. The number of carboxylic acid groups (broad SMARTS) is 1. The summed E-state index contributed by atoms with van der Waals surface area (Å²) in [5.41, 5.74) is 0. The van der Waals surface area contributed by atoms with Crippen LogP contribution in [0.4, 0.5) is 4.79 Å². The van der Waals surface area contributed by atoms with Crippen LogP contribution in [0.15, 0.2) is 0 Å². The standard InChI is InChI=1S/C13H24N2O3S/c1-9(7-12(16)17)8-14-13(18)15-10-5-3-4-6-11(10)19-2/h9-11H,3-8H2,1-2H3,(H,16,17)(H2,14,15,18). The summed E-state index contributed by atoms with van der Waals surface area (Å²) < 4.78 is 0. The number of nitrogens with one attached hydrogen (secondary N) is 2. The maximum absolute atomic E-state index is 11.8. The van der Waals surface area contributed by atoms with Gasteiger partial charge in [-0.2, -0.15) is 11.8 Å². The average molecular weight is 288 g/mol. The van der Waals surface area contributed by atoms with Gasteiger partial charge in [-0.25, -0.2) is 4.79 Å². The van der Waals surface area contributed by atoms with Gasteiger partial charge in [-0.05, 0) is 25.0 Å². The molecule has 0 aromatic heterocycles. The molecule has 19 heavy (non-hydrogen) atoms. The molecule has 1 aliphatic carbocycles. The number of carbonyl (C=O) groups excluding carboxylic acids is 1. The third-order valence-electron chi connectivity index (χ3n) is 3.46. The molecule has 0 spiro atoms. The number of hydrogen-bond donors (Lipinski definition) is 3. The van der Waals surface area contributed by atoms with E-state index in [4.69, 9.17) is 5.11 Å². The van der Waals surface area contributed by atoms with Crippen LogP contribution < -0.4 is 10.6 Å². The zero-order chi connectivity index (χ0) is 14.3. The van der Waals surface area contributed by atoms with Crippen molar-refractivity contribution in [3.05, 3.63) is 0 Å². The minimum Gasteiger partial charge on any atom is -0.481 e. The predicted molar refractivity (Wildman–Crippen MR) is 77.5 cm³/mol. The fourth-order valence-electron chi connectivity index (χ4n) is 2.40. The van der Waals surface area contributed by atoms with Gasteiger partial charge >= 0.3 is 12.0 Å². The lowest BCUT2D eigenvalue weighted by molar-refractivity contribution is -0.137. The first-order valence-electron chi connectivity index (χ1n) is 6.82. The van der Waals surface area contributed by atoms with Gasteiger partial charge in [-0.1, -0.05) is 19.8 Å². The van der Waals surface area contributed by atoms with Crippen molar-refractivity contribution in [2.24, 2.45) is 5.92 Å². The average Bonchev–Trinajstić information content (AvgIpc) is 2.36. The molecular weight excluding hydrogens is 264 g/mol. The highest BCUT2D eigenvalue weighted by atomic mass is 32.2. The highest BCUT2D eigenvalue weighted by molar-refractivity contribution is 7.99.